The largest absolute Gasteiger partial charge is 0.334 e. The van der Waals surface area contributed by atoms with Gasteiger partial charge >= 0.3 is 0 Å². The lowest BCUT2D eigenvalue weighted by molar-refractivity contribution is 0.0664. The van der Waals surface area contributed by atoms with Crippen molar-refractivity contribution in [3.63, 3.8) is 0 Å². The number of aromatic amines is 1. The molecular weight excluding hydrogens is 314 g/mol. The van der Waals surface area contributed by atoms with Gasteiger partial charge in [-0.2, -0.15) is 0 Å². The quantitative estimate of drug-likeness (QED) is 0.745. The van der Waals surface area contributed by atoms with Gasteiger partial charge in [-0.1, -0.05) is 17.7 Å². The summed E-state index contributed by atoms with van der Waals surface area (Å²) < 4.78 is 0. The van der Waals surface area contributed by atoms with E-state index < -0.39 is 0 Å². The molecule has 0 spiro atoms. The molecule has 6 nitrogen and oxygen atoms in total. The van der Waals surface area contributed by atoms with E-state index in [1.54, 1.807) is 23.5 Å². The van der Waals surface area contributed by atoms with Gasteiger partial charge in [-0.3, -0.25) is 4.79 Å². The number of carbonyl (C=O) groups is 1. The zero-order chi connectivity index (χ0) is 16.0. The molecule has 1 amide bonds. The molecule has 1 aromatic carbocycles. The van der Waals surface area contributed by atoms with Crippen LogP contribution in [-0.4, -0.2) is 37.3 Å². The molecule has 1 atom stereocenters. The summed E-state index contributed by atoms with van der Waals surface area (Å²) in [6.07, 6.45) is 4.04. The Kier molecular flexibility index (Phi) is 3.27. The molecule has 0 saturated carbocycles. The van der Waals surface area contributed by atoms with E-state index in [9.17, 15) is 4.79 Å². The first-order chi connectivity index (χ1) is 11.1. The summed E-state index contributed by atoms with van der Waals surface area (Å²) in [5, 5.41) is 0.531. The molecule has 1 aliphatic heterocycles. The van der Waals surface area contributed by atoms with E-state index in [4.69, 9.17) is 11.6 Å². The summed E-state index contributed by atoms with van der Waals surface area (Å²) in [5.74, 6) is 0.166. The van der Waals surface area contributed by atoms with Crippen molar-refractivity contribution in [1.82, 2.24) is 24.8 Å². The number of imidazole rings is 1. The van der Waals surface area contributed by atoms with Crippen LogP contribution in [0.4, 0.5) is 0 Å². The summed E-state index contributed by atoms with van der Waals surface area (Å²) in [4.78, 5) is 30.4. The molecule has 1 N–H and O–H groups in total. The van der Waals surface area contributed by atoms with Gasteiger partial charge in [0.05, 0.1) is 22.3 Å². The number of nitrogens with zero attached hydrogens (tertiary/aromatic N) is 4. The zero-order valence-corrected chi connectivity index (χ0v) is 13.2. The Morgan fingerprint density at radius 1 is 1.43 bits per heavy atom. The van der Waals surface area contributed by atoms with Gasteiger partial charge in [-0.05, 0) is 19.1 Å². The number of H-pyrrole nitrogens is 1. The van der Waals surface area contributed by atoms with Crippen molar-refractivity contribution in [2.24, 2.45) is 0 Å². The minimum absolute atomic E-state index is 0.0869. The lowest BCUT2D eigenvalue weighted by Gasteiger charge is -2.33. The second-order valence-electron chi connectivity index (χ2n) is 5.57. The topological polar surface area (TPSA) is 74.8 Å². The number of fused-ring (bicyclic) bond motifs is 2. The van der Waals surface area contributed by atoms with Crippen LogP contribution >= 0.6 is 11.6 Å². The number of halogens is 1. The molecule has 7 heteroatoms. The van der Waals surface area contributed by atoms with E-state index in [2.05, 4.69) is 19.9 Å². The highest BCUT2D eigenvalue weighted by Crippen LogP contribution is 2.29. The Hall–Kier alpha value is -2.47. The number of nitrogens with one attached hydrogen (secondary N) is 1. The van der Waals surface area contributed by atoms with Crippen molar-refractivity contribution in [3.05, 3.63) is 52.8 Å². The summed E-state index contributed by atoms with van der Waals surface area (Å²) in [6, 6.07) is 5.36. The molecule has 3 aromatic rings. The van der Waals surface area contributed by atoms with Crippen molar-refractivity contribution in [3.8, 4) is 0 Å². The lowest BCUT2D eigenvalue weighted by Crippen LogP contribution is -2.39. The Bertz CT molecular complexity index is 906. The van der Waals surface area contributed by atoms with Crippen LogP contribution in [0, 0.1) is 0 Å². The molecule has 0 fully saturated rings. The molecule has 4 rings (SSSR count). The van der Waals surface area contributed by atoms with Crippen LogP contribution in [0.15, 0.2) is 30.7 Å². The summed E-state index contributed by atoms with van der Waals surface area (Å²) in [5.41, 5.74) is 3.37. The number of rotatable bonds is 1. The summed E-state index contributed by atoms with van der Waals surface area (Å²) in [6.45, 7) is 2.59. The minimum Gasteiger partial charge on any atom is -0.334 e. The molecule has 1 unspecified atom stereocenters. The maximum Gasteiger partial charge on any atom is 0.290 e. The first-order valence-corrected chi connectivity index (χ1v) is 7.77. The average Bonchev–Trinajstić information content (AvgIpc) is 3.01. The summed E-state index contributed by atoms with van der Waals surface area (Å²) in [7, 11) is 0. The predicted octanol–water partition coefficient (Wildman–Crippen LogP) is 2.77. The van der Waals surface area contributed by atoms with Gasteiger partial charge in [0.15, 0.2) is 5.82 Å². The Morgan fingerprint density at radius 3 is 3.13 bits per heavy atom. The van der Waals surface area contributed by atoms with Crippen LogP contribution in [0.3, 0.4) is 0 Å². The van der Waals surface area contributed by atoms with E-state index in [0.717, 1.165) is 23.2 Å². The molecule has 3 heterocycles. The SMILES string of the molecule is CC1c2cncnc2CCN1C(=O)c1nc2c(Cl)cccc2[nH]1. The maximum atomic E-state index is 12.8. The van der Waals surface area contributed by atoms with E-state index in [0.29, 0.717) is 22.9 Å². The molecule has 0 bridgehead atoms. The van der Waals surface area contributed by atoms with Gasteiger partial charge in [0.2, 0.25) is 0 Å². The fourth-order valence-corrected chi connectivity index (χ4v) is 3.24. The normalized spacial score (nSPS) is 17.3. The van der Waals surface area contributed by atoms with Crippen molar-refractivity contribution < 1.29 is 4.79 Å². The van der Waals surface area contributed by atoms with Crippen LogP contribution in [-0.2, 0) is 6.42 Å². The van der Waals surface area contributed by atoms with Gasteiger partial charge < -0.3 is 9.88 Å². The Morgan fingerprint density at radius 2 is 2.30 bits per heavy atom. The highest BCUT2D eigenvalue weighted by molar-refractivity contribution is 6.35. The van der Waals surface area contributed by atoms with Crippen molar-refractivity contribution in [1.29, 1.82) is 0 Å². The molecular formula is C16H14ClN5O. The third kappa shape index (κ3) is 2.26. The maximum absolute atomic E-state index is 12.8. The van der Waals surface area contributed by atoms with Gasteiger partial charge in [-0.15, -0.1) is 0 Å². The monoisotopic (exact) mass is 327 g/mol. The smallest absolute Gasteiger partial charge is 0.290 e. The van der Waals surface area contributed by atoms with E-state index in [1.165, 1.54) is 0 Å². The van der Waals surface area contributed by atoms with E-state index in [1.807, 2.05) is 19.1 Å². The fraction of sp³-hybridized carbons (Fsp3) is 0.250. The zero-order valence-electron chi connectivity index (χ0n) is 12.5. The highest BCUT2D eigenvalue weighted by Gasteiger charge is 2.30. The summed E-state index contributed by atoms with van der Waals surface area (Å²) >= 11 is 6.13. The number of hydrogen-bond donors (Lipinski definition) is 1. The van der Waals surface area contributed by atoms with Gasteiger partial charge in [0.1, 0.15) is 11.8 Å². The first kappa shape index (κ1) is 14.1. The number of amides is 1. The molecule has 0 saturated heterocycles. The first-order valence-electron chi connectivity index (χ1n) is 7.39. The predicted molar refractivity (Wildman–Crippen MR) is 86.3 cm³/mol. The molecule has 0 radical (unpaired) electrons. The van der Waals surface area contributed by atoms with Crippen molar-refractivity contribution >= 4 is 28.5 Å². The molecule has 1 aliphatic rings. The lowest BCUT2D eigenvalue weighted by atomic mass is 9.99. The van der Waals surface area contributed by atoms with Crippen LogP contribution in [0.5, 0.6) is 0 Å². The average molecular weight is 328 g/mol. The second kappa shape index (κ2) is 5.31. The van der Waals surface area contributed by atoms with Gasteiger partial charge in [-0.25, -0.2) is 15.0 Å². The van der Waals surface area contributed by atoms with Crippen molar-refractivity contribution in [2.75, 3.05) is 6.54 Å². The number of carbonyl (C=O) groups excluding carboxylic acids is 1. The van der Waals surface area contributed by atoms with Crippen LogP contribution in [0.2, 0.25) is 5.02 Å². The Labute approximate surface area is 137 Å². The van der Waals surface area contributed by atoms with E-state index in [-0.39, 0.29) is 11.9 Å². The minimum atomic E-state index is -0.140. The second-order valence-corrected chi connectivity index (χ2v) is 5.98. The van der Waals surface area contributed by atoms with Gasteiger partial charge in [0.25, 0.3) is 5.91 Å². The molecule has 2 aromatic heterocycles. The fourth-order valence-electron chi connectivity index (χ4n) is 3.02. The number of para-hydroxylation sites is 1. The van der Waals surface area contributed by atoms with Crippen LogP contribution < -0.4 is 0 Å². The third-order valence-electron chi connectivity index (χ3n) is 4.26. The Balaban J connectivity index is 1.70. The third-order valence-corrected chi connectivity index (χ3v) is 4.57. The standard InChI is InChI=1S/C16H14ClN5O/c1-9-10-7-18-8-19-12(10)5-6-22(9)16(23)15-20-13-4-2-3-11(17)14(13)21-15/h2-4,7-9H,5-6H2,1H3,(H,20,21). The van der Waals surface area contributed by atoms with Crippen molar-refractivity contribution in [2.45, 2.75) is 19.4 Å². The molecule has 0 aliphatic carbocycles. The molecule has 116 valence electrons. The molecule has 23 heavy (non-hydrogen) atoms. The van der Waals surface area contributed by atoms with Crippen LogP contribution in [0.25, 0.3) is 11.0 Å². The van der Waals surface area contributed by atoms with Crippen LogP contribution in [0.1, 0.15) is 34.8 Å². The number of benzene rings is 1. The number of hydrogen-bond acceptors (Lipinski definition) is 4. The van der Waals surface area contributed by atoms with E-state index >= 15 is 0 Å². The van der Waals surface area contributed by atoms with Gasteiger partial charge in [0, 0.05) is 24.7 Å². The highest BCUT2D eigenvalue weighted by atomic mass is 35.5. The number of aromatic nitrogens is 4.